The highest BCUT2D eigenvalue weighted by molar-refractivity contribution is 5.72. The Morgan fingerprint density at radius 2 is 0.934 bits per heavy atom. The van der Waals surface area contributed by atoms with Gasteiger partial charge >= 0.3 is 17.9 Å². The van der Waals surface area contributed by atoms with Crippen molar-refractivity contribution in [3.8, 4) is 0 Å². The number of ether oxygens (including phenoxy) is 3. The van der Waals surface area contributed by atoms with Crippen molar-refractivity contribution in [2.75, 3.05) is 41.0 Å². The standard InChI is InChI=1S/C53H87NO7/c1-6-8-10-12-14-16-18-20-22-24-26-28-29-31-33-35-37-39-41-43-51(55)60-48-49(47-59-46-45-50(53(57)58)54(3,4)5)61-52(56)44-42-40-38-36-34-32-30-27-25-23-21-19-17-15-13-11-9-7-2/h8,10,12,14,16,18,20,22,24,26-31,33,49-50H,6-7,9,11,13,15,17,19,21,23,25,32,34-48H2,1-5H3/p+1/b10-8+,14-12+,18-16+,22-20+,26-24+,29-28+,30-27+,33-31+. The summed E-state index contributed by atoms with van der Waals surface area (Å²) in [6, 6.07) is -0.629. The van der Waals surface area contributed by atoms with E-state index in [1.807, 2.05) is 94.1 Å². The molecule has 0 saturated heterocycles. The van der Waals surface area contributed by atoms with Crippen molar-refractivity contribution in [2.45, 2.75) is 180 Å². The molecule has 0 aliphatic heterocycles. The fourth-order valence-corrected chi connectivity index (χ4v) is 6.48. The molecule has 8 nitrogen and oxygen atoms in total. The Balaban J connectivity index is 4.44. The zero-order valence-electron chi connectivity index (χ0n) is 39.3. The maximum absolute atomic E-state index is 12.8. The molecule has 1 N–H and O–H groups in total. The minimum absolute atomic E-state index is 0.0367. The molecule has 0 heterocycles. The number of rotatable bonds is 41. The Morgan fingerprint density at radius 3 is 1.43 bits per heavy atom. The molecule has 0 aromatic carbocycles. The van der Waals surface area contributed by atoms with E-state index < -0.39 is 18.1 Å². The molecule has 346 valence electrons. The first-order chi connectivity index (χ1) is 29.6. The first-order valence-corrected chi connectivity index (χ1v) is 23.9. The quantitative estimate of drug-likeness (QED) is 0.0215. The van der Waals surface area contributed by atoms with Crippen LogP contribution in [-0.4, -0.2) is 80.6 Å². The number of aliphatic carboxylic acids is 1. The number of allylic oxidation sites excluding steroid dienone is 16. The van der Waals surface area contributed by atoms with Crippen molar-refractivity contribution in [3.63, 3.8) is 0 Å². The first kappa shape index (κ1) is 57.2. The fourth-order valence-electron chi connectivity index (χ4n) is 6.48. The maximum atomic E-state index is 12.8. The third-order valence-corrected chi connectivity index (χ3v) is 10.2. The second kappa shape index (κ2) is 42.9. The topological polar surface area (TPSA) is 99.1 Å². The second-order valence-corrected chi connectivity index (χ2v) is 16.8. The number of carboxylic acids is 1. The average molecular weight is 851 g/mol. The van der Waals surface area contributed by atoms with E-state index in [2.05, 4.69) is 38.2 Å². The second-order valence-electron chi connectivity index (χ2n) is 16.8. The van der Waals surface area contributed by atoms with Crippen molar-refractivity contribution in [2.24, 2.45) is 0 Å². The molecule has 0 rings (SSSR count). The third-order valence-electron chi connectivity index (χ3n) is 10.2. The zero-order valence-corrected chi connectivity index (χ0v) is 39.3. The minimum Gasteiger partial charge on any atom is -0.477 e. The number of unbranched alkanes of at least 4 members (excludes halogenated alkanes) is 17. The lowest BCUT2D eigenvalue weighted by Crippen LogP contribution is -2.50. The molecule has 0 aliphatic carbocycles. The van der Waals surface area contributed by atoms with Crippen LogP contribution in [0.4, 0.5) is 0 Å². The highest BCUT2D eigenvalue weighted by Crippen LogP contribution is 2.14. The summed E-state index contributed by atoms with van der Waals surface area (Å²) in [4.78, 5) is 37.1. The van der Waals surface area contributed by atoms with Crippen molar-refractivity contribution in [1.29, 1.82) is 0 Å². The van der Waals surface area contributed by atoms with Crippen LogP contribution in [0.3, 0.4) is 0 Å². The molecule has 0 fully saturated rings. The highest BCUT2D eigenvalue weighted by Gasteiger charge is 2.31. The van der Waals surface area contributed by atoms with E-state index in [0.717, 1.165) is 64.2 Å². The van der Waals surface area contributed by atoms with Crippen LogP contribution in [0.25, 0.3) is 0 Å². The van der Waals surface area contributed by atoms with Gasteiger partial charge in [0, 0.05) is 19.3 Å². The number of likely N-dealkylation sites (N-methyl/N-ethyl adjacent to an activating group) is 1. The number of carbonyl (C=O) groups is 3. The summed E-state index contributed by atoms with van der Waals surface area (Å²) < 4.78 is 17.3. The lowest BCUT2D eigenvalue weighted by molar-refractivity contribution is -0.887. The predicted octanol–water partition coefficient (Wildman–Crippen LogP) is 13.5. The smallest absolute Gasteiger partial charge is 0.362 e. The van der Waals surface area contributed by atoms with Crippen molar-refractivity contribution < 1.29 is 38.2 Å². The number of carboxylic acid groups (broad SMARTS) is 1. The van der Waals surface area contributed by atoms with Crippen LogP contribution < -0.4 is 0 Å². The van der Waals surface area contributed by atoms with E-state index in [-0.39, 0.29) is 36.2 Å². The Hall–Kier alpha value is -3.75. The number of hydrogen-bond acceptors (Lipinski definition) is 6. The largest absolute Gasteiger partial charge is 0.477 e. The predicted molar refractivity (Wildman–Crippen MR) is 256 cm³/mol. The molecular weight excluding hydrogens is 763 g/mol. The van der Waals surface area contributed by atoms with Gasteiger partial charge in [-0.15, -0.1) is 0 Å². The van der Waals surface area contributed by atoms with Gasteiger partial charge in [-0.2, -0.15) is 0 Å². The maximum Gasteiger partial charge on any atom is 0.362 e. The Bertz CT molecular complexity index is 1310. The van der Waals surface area contributed by atoms with Gasteiger partial charge in [0.2, 0.25) is 0 Å². The van der Waals surface area contributed by atoms with Gasteiger partial charge < -0.3 is 23.8 Å². The number of esters is 2. The van der Waals surface area contributed by atoms with Gasteiger partial charge in [-0.3, -0.25) is 9.59 Å². The SMILES string of the molecule is CC/C=C/C=C/C=C/C=C/C=C/C=C/C=C/CCCCCC(=O)OCC(COCCC(C(=O)O)[N+](C)(C)C)OC(=O)CCCCCCC/C=C/CCCCCCCCCCC. The van der Waals surface area contributed by atoms with E-state index in [4.69, 9.17) is 14.2 Å². The van der Waals surface area contributed by atoms with Crippen LogP contribution in [0, 0.1) is 0 Å². The van der Waals surface area contributed by atoms with Gasteiger partial charge in [-0.1, -0.05) is 188 Å². The van der Waals surface area contributed by atoms with Crippen LogP contribution >= 0.6 is 0 Å². The molecule has 0 aromatic heterocycles. The monoisotopic (exact) mass is 851 g/mol. The number of nitrogens with zero attached hydrogens (tertiary/aromatic N) is 1. The molecule has 2 unspecified atom stereocenters. The van der Waals surface area contributed by atoms with Crippen molar-refractivity contribution in [3.05, 3.63) is 97.2 Å². The summed E-state index contributed by atoms with van der Waals surface area (Å²) >= 11 is 0. The van der Waals surface area contributed by atoms with Gasteiger partial charge in [0.1, 0.15) is 6.61 Å². The molecule has 0 saturated carbocycles. The Kier molecular flexibility index (Phi) is 40.3. The fraction of sp³-hybridized carbons (Fsp3) is 0.642. The molecule has 0 radical (unpaired) electrons. The van der Waals surface area contributed by atoms with Crippen LogP contribution in [0.5, 0.6) is 0 Å². The van der Waals surface area contributed by atoms with Crippen molar-refractivity contribution in [1.82, 2.24) is 0 Å². The summed E-state index contributed by atoms with van der Waals surface area (Å²) in [5, 5.41) is 9.64. The lowest BCUT2D eigenvalue weighted by atomic mass is 10.1. The van der Waals surface area contributed by atoms with E-state index in [1.165, 1.54) is 70.6 Å². The molecular formula is C53H88NO7+. The number of hydrogen-bond donors (Lipinski definition) is 1. The molecule has 0 amide bonds. The van der Waals surface area contributed by atoms with Crippen LogP contribution in [-0.2, 0) is 28.6 Å². The van der Waals surface area contributed by atoms with Gasteiger partial charge in [-0.25, -0.2) is 4.79 Å². The van der Waals surface area contributed by atoms with Crippen LogP contribution in [0.2, 0.25) is 0 Å². The summed E-state index contributed by atoms with van der Waals surface area (Å²) in [5.74, 6) is -1.55. The molecule has 8 heteroatoms. The average Bonchev–Trinajstić information content (AvgIpc) is 3.22. The van der Waals surface area contributed by atoms with E-state index in [9.17, 15) is 19.5 Å². The summed E-state index contributed by atoms with van der Waals surface area (Å²) in [6.07, 6.45) is 57.3. The molecule has 0 aromatic rings. The van der Waals surface area contributed by atoms with E-state index in [1.54, 1.807) is 0 Å². The Morgan fingerprint density at radius 1 is 0.508 bits per heavy atom. The van der Waals surface area contributed by atoms with Gasteiger partial charge in [-0.05, 0) is 57.8 Å². The molecule has 61 heavy (non-hydrogen) atoms. The van der Waals surface area contributed by atoms with E-state index >= 15 is 0 Å². The number of quaternary nitrogens is 1. The molecule has 0 aliphatic rings. The highest BCUT2D eigenvalue weighted by atomic mass is 16.6. The van der Waals surface area contributed by atoms with Crippen molar-refractivity contribution >= 4 is 17.9 Å². The number of carbonyl (C=O) groups excluding carboxylic acids is 2. The molecule has 0 bridgehead atoms. The van der Waals surface area contributed by atoms with Gasteiger partial charge in [0.25, 0.3) is 0 Å². The first-order valence-electron chi connectivity index (χ1n) is 23.9. The third kappa shape index (κ3) is 41.4. The normalized spacial score (nSPS) is 13.8. The van der Waals surface area contributed by atoms with Gasteiger partial charge in [0.05, 0.1) is 34.4 Å². The zero-order chi connectivity index (χ0) is 44.9. The summed E-state index contributed by atoms with van der Waals surface area (Å²) in [6.45, 7) is 4.52. The molecule has 2 atom stereocenters. The van der Waals surface area contributed by atoms with E-state index in [0.29, 0.717) is 19.3 Å². The van der Waals surface area contributed by atoms with Crippen LogP contribution in [0.15, 0.2) is 97.2 Å². The van der Waals surface area contributed by atoms with Crippen LogP contribution in [0.1, 0.15) is 168 Å². The van der Waals surface area contributed by atoms with Gasteiger partial charge in [0.15, 0.2) is 12.1 Å². The summed E-state index contributed by atoms with van der Waals surface area (Å²) in [5.41, 5.74) is 0. The molecule has 0 spiro atoms. The Labute approximate surface area is 373 Å². The lowest BCUT2D eigenvalue weighted by Gasteiger charge is -2.31. The minimum atomic E-state index is -0.887. The summed E-state index contributed by atoms with van der Waals surface area (Å²) in [7, 11) is 5.50.